The molecular weight excluding hydrogens is 336 g/mol. The molecule has 140 valence electrons. The van der Waals surface area contributed by atoms with Crippen molar-refractivity contribution in [2.45, 2.75) is 32.4 Å². The third kappa shape index (κ3) is 3.74. The molecule has 1 aliphatic rings. The number of aromatic nitrogens is 2. The lowest BCUT2D eigenvalue weighted by Gasteiger charge is -2.37. The topological polar surface area (TPSA) is 40.9 Å². The fraction of sp³-hybridized carbons (Fsp3) is 0.364. The zero-order valence-corrected chi connectivity index (χ0v) is 16.0. The molecule has 0 unspecified atom stereocenters. The number of carbonyl (C=O) groups is 1. The van der Waals surface area contributed by atoms with Crippen molar-refractivity contribution >= 4 is 11.6 Å². The van der Waals surface area contributed by atoms with Crippen LogP contribution in [0, 0.1) is 6.92 Å². The molecule has 0 aliphatic carbocycles. The summed E-state index contributed by atoms with van der Waals surface area (Å²) in [5.41, 5.74) is 3.61. The van der Waals surface area contributed by atoms with Crippen LogP contribution in [0.2, 0.25) is 0 Å². The zero-order valence-electron chi connectivity index (χ0n) is 16.0. The average molecular weight is 362 g/mol. The van der Waals surface area contributed by atoms with E-state index in [0.29, 0.717) is 12.2 Å². The van der Waals surface area contributed by atoms with Gasteiger partial charge in [0.05, 0.1) is 0 Å². The summed E-state index contributed by atoms with van der Waals surface area (Å²) in [5.74, 6) is 0.0245. The molecule has 1 aliphatic heterocycles. The van der Waals surface area contributed by atoms with Gasteiger partial charge in [-0.05, 0) is 57.1 Å². The lowest BCUT2D eigenvalue weighted by molar-refractivity contribution is 0.0564. The van der Waals surface area contributed by atoms with Gasteiger partial charge < -0.3 is 14.2 Å². The van der Waals surface area contributed by atoms with E-state index < -0.39 is 0 Å². The number of benzene rings is 1. The Morgan fingerprint density at radius 2 is 1.89 bits per heavy atom. The van der Waals surface area contributed by atoms with Crippen molar-refractivity contribution in [3.05, 3.63) is 71.7 Å². The number of pyridine rings is 1. The van der Waals surface area contributed by atoms with Crippen molar-refractivity contribution in [3.63, 3.8) is 0 Å². The monoisotopic (exact) mass is 362 g/mol. The van der Waals surface area contributed by atoms with E-state index in [1.165, 1.54) is 0 Å². The molecule has 1 saturated heterocycles. The Labute approximate surface area is 160 Å². The average Bonchev–Trinajstić information content (AvgIpc) is 3.13. The van der Waals surface area contributed by atoms with Crippen LogP contribution in [0.25, 0.3) is 5.65 Å². The lowest BCUT2D eigenvalue weighted by Crippen LogP contribution is -2.46. The minimum atomic E-state index is 0.0245. The number of likely N-dealkylation sites (tertiary alicyclic amines) is 1. The van der Waals surface area contributed by atoms with Gasteiger partial charge in [-0.15, -0.1) is 0 Å². The molecule has 0 atom stereocenters. The predicted octanol–water partition coefficient (Wildman–Crippen LogP) is 3.38. The first-order chi connectivity index (χ1) is 13.1. The predicted molar refractivity (Wildman–Crippen MR) is 107 cm³/mol. The van der Waals surface area contributed by atoms with Crippen molar-refractivity contribution < 1.29 is 4.79 Å². The van der Waals surface area contributed by atoms with E-state index in [1.54, 1.807) is 0 Å². The van der Waals surface area contributed by atoms with Gasteiger partial charge in [-0.25, -0.2) is 4.98 Å². The summed E-state index contributed by atoms with van der Waals surface area (Å²) in [7, 11) is 2.14. The van der Waals surface area contributed by atoms with Gasteiger partial charge in [0, 0.05) is 25.0 Å². The fourth-order valence-electron chi connectivity index (χ4n) is 3.86. The minimum Gasteiger partial charge on any atom is -0.330 e. The number of hydrogen-bond donors (Lipinski definition) is 0. The van der Waals surface area contributed by atoms with Gasteiger partial charge in [-0.3, -0.25) is 4.79 Å². The smallest absolute Gasteiger partial charge is 0.274 e. The quantitative estimate of drug-likeness (QED) is 0.714. The minimum absolute atomic E-state index is 0.0245. The molecule has 0 radical (unpaired) electrons. The molecule has 4 rings (SSSR count). The molecule has 0 saturated carbocycles. The standard InChI is InChI=1S/C22H26N4O/c1-17-7-6-12-25-16-20(23-21(17)25)22(27)26(15-18-8-4-3-5-9-18)19-10-13-24(2)14-11-19/h3-9,12,16,19H,10-11,13-15H2,1-2H3. The van der Waals surface area contributed by atoms with Crippen LogP contribution in [0.15, 0.2) is 54.9 Å². The van der Waals surface area contributed by atoms with E-state index in [9.17, 15) is 4.79 Å². The number of aryl methyl sites for hydroxylation is 1. The molecule has 0 spiro atoms. The van der Waals surface area contributed by atoms with E-state index in [2.05, 4.69) is 29.1 Å². The van der Waals surface area contributed by atoms with E-state index in [0.717, 1.165) is 42.7 Å². The Hall–Kier alpha value is -2.66. The second kappa shape index (κ2) is 7.53. The van der Waals surface area contributed by atoms with Gasteiger partial charge in [0.15, 0.2) is 0 Å². The fourth-order valence-corrected chi connectivity index (χ4v) is 3.86. The molecule has 1 aromatic carbocycles. The maximum Gasteiger partial charge on any atom is 0.274 e. The summed E-state index contributed by atoms with van der Waals surface area (Å²) in [6.45, 7) is 4.69. The number of amides is 1. The molecule has 5 nitrogen and oxygen atoms in total. The van der Waals surface area contributed by atoms with Crippen LogP contribution in [0.5, 0.6) is 0 Å². The van der Waals surface area contributed by atoms with Crippen LogP contribution in [-0.2, 0) is 6.54 Å². The van der Waals surface area contributed by atoms with Crippen LogP contribution < -0.4 is 0 Å². The van der Waals surface area contributed by atoms with E-state index in [4.69, 9.17) is 0 Å². The summed E-state index contributed by atoms with van der Waals surface area (Å²) in [5, 5.41) is 0. The zero-order chi connectivity index (χ0) is 18.8. The summed E-state index contributed by atoms with van der Waals surface area (Å²) in [4.78, 5) is 22.4. The molecular formula is C22H26N4O. The molecule has 3 heterocycles. The highest BCUT2D eigenvalue weighted by atomic mass is 16.2. The maximum atomic E-state index is 13.4. The Kier molecular flexibility index (Phi) is 4.94. The molecule has 2 aromatic heterocycles. The first kappa shape index (κ1) is 17.7. The normalized spacial score (nSPS) is 15.9. The number of hydrogen-bond acceptors (Lipinski definition) is 3. The van der Waals surface area contributed by atoms with Gasteiger partial charge >= 0.3 is 0 Å². The van der Waals surface area contributed by atoms with Crippen LogP contribution in [0.1, 0.15) is 34.5 Å². The third-order valence-electron chi connectivity index (χ3n) is 5.48. The van der Waals surface area contributed by atoms with Crippen molar-refractivity contribution in [3.8, 4) is 0 Å². The summed E-state index contributed by atoms with van der Waals surface area (Å²) in [6.07, 6.45) is 5.81. The largest absolute Gasteiger partial charge is 0.330 e. The van der Waals surface area contributed by atoms with Gasteiger partial charge in [-0.1, -0.05) is 36.4 Å². The second-order valence-electron chi connectivity index (χ2n) is 7.50. The molecule has 1 fully saturated rings. The van der Waals surface area contributed by atoms with Gasteiger partial charge in [0.1, 0.15) is 11.3 Å². The Balaban J connectivity index is 1.65. The van der Waals surface area contributed by atoms with Crippen molar-refractivity contribution in [1.82, 2.24) is 19.2 Å². The summed E-state index contributed by atoms with van der Waals surface area (Å²) < 4.78 is 1.94. The van der Waals surface area contributed by atoms with Crippen LogP contribution in [0.4, 0.5) is 0 Å². The van der Waals surface area contributed by atoms with Crippen molar-refractivity contribution in [2.75, 3.05) is 20.1 Å². The molecule has 27 heavy (non-hydrogen) atoms. The van der Waals surface area contributed by atoms with Gasteiger partial charge in [0.25, 0.3) is 5.91 Å². The van der Waals surface area contributed by atoms with Crippen LogP contribution in [0.3, 0.4) is 0 Å². The molecule has 1 amide bonds. The SMILES string of the molecule is Cc1cccn2cc(C(=O)N(Cc3ccccc3)C3CCN(C)CC3)nc12. The van der Waals surface area contributed by atoms with Crippen molar-refractivity contribution in [1.29, 1.82) is 0 Å². The van der Waals surface area contributed by atoms with E-state index >= 15 is 0 Å². The van der Waals surface area contributed by atoms with Crippen LogP contribution >= 0.6 is 0 Å². The molecule has 5 heteroatoms. The third-order valence-corrected chi connectivity index (χ3v) is 5.48. The van der Waals surface area contributed by atoms with Gasteiger partial charge in [-0.2, -0.15) is 0 Å². The Bertz CT molecular complexity index is 926. The van der Waals surface area contributed by atoms with E-state index in [1.807, 2.05) is 58.9 Å². The second-order valence-corrected chi connectivity index (χ2v) is 7.50. The number of rotatable bonds is 4. The van der Waals surface area contributed by atoms with Crippen molar-refractivity contribution in [2.24, 2.45) is 0 Å². The summed E-state index contributed by atoms with van der Waals surface area (Å²) >= 11 is 0. The highest BCUT2D eigenvalue weighted by Gasteiger charge is 2.29. The number of carbonyl (C=O) groups excluding carboxylic acids is 1. The van der Waals surface area contributed by atoms with Gasteiger partial charge in [0.2, 0.25) is 0 Å². The number of fused-ring (bicyclic) bond motifs is 1. The van der Waals surface area contributed by atoms with E-state index in [-0.39, 0.29) is 11.9 Å². The molecule has 3 aromatic rings. The maximum absolute atomic E-state index is 13.4. The number of nitrogens with zero attached hydrogens (tertiary/aromatic N) is 4. The number of piperidine rings is 1. The highest BCUT2D eigenvalue weighted by Crippen LogP contribution is 2.21. The first-order valence-electron chi connectivity index (χ1n) is 9.59. The Morgan fingerprint density at radius 3 is 2.59 bits per heavy atom. The Morgan fingerprint density at radius 1 is 1.15 bits per heavy atom. The number of imidazole rings is 1. The molecule has 0 bridgehead atoms. The molecule has 0 N–H and O–H groups in total. The highest BCUT2D eigenvalue weighted by molar-refractivity contribution is 5.93. The first-order valence-corrected chi connectivity index (χ1v) is 9.59. The van der Waals surface area contributed by atoms with Crippen LogP contribution in [-0.4, -0.2) is 51.3 Å². The lowest BCUT2D eigenvalue weighted by atomic mass is 10.0. The summed E-state index contributed by atoms with van der Waals surface area (Å²) in [6, 6.07) is 14.5.